The van der Waals surface area contributed by atoms with Gasteiger partial charge in [-0.3, -0.25) is 0 Å². The second-order valence-corrected chi connectivity index (χ2v) is 14.6. The first-order valence-electron chi connectivity index (χ1n) is 2.62. The summed E-state index contributed by atoms with van der Waals surface area (Å²) in [5, 5.41) is 10.3. The van der Waals surface area contributed by atoms with Gasteiger partial charge in [0.25, 0.3) is 0 Å². The third-order valence-corrected chi connectivity index (χ3v) is 3.51. The molecule has 2 nitrogen and oxygen atoms in total. The standard InChI is InChI=1S/C5H12GeO2/c1-6(2,3)4-5(7)8/h4H2,1-3H3,(H,7,8)/p-1. The molecule has 0 bridgehead atoms. The van der Waals surface area contributed by atoms with Gasteiger partial charge in [-0.15, -0.1) is 0 Å². The summed E-state index contributed by atoms with van der Waals surface area (Å²) < 4.78 is 0. The van der Waals surface area contributed by atoms with Gasteiger partial charge in [0.2, 0.25) is 0 Å². The molecule has 0 rings (SSSR count). The van der Waals surface area contributed by atoms with E-state index in [0.29, 0.717) is 5.25 Å². The minimum atomic E-state index is -1.82. The predicted octanol–water partition coefficient (Wildman–Crippen LogP) is 0.0745. The number of rotatable bonds is 2. The van der Waals surface area contributed by atoms with Gasteiger partial charge < -0.3 is 0 Å². The van der Waals surface area contributed by atoms with Crippen molar-refractivity contribution in [3.8, 4) is 0 Å². The zero-order valence-corrected chi connectivity index (χ0v) is 7.62. The van der Waals surface area contributed by atoms with E-state index in [4.69, 9.17) is 0 Å². The zero-order chi connectivity index (χ0) is 6.78. The fourth-order valence-corrected chi connectivity index (χ4v) is 2.25. The van der Waals surface area contributed by atoms with E-state index in [1.165, 1.54) is 0 Å². The quantitative estimate of drug-likeness (QED) is 0.558. The van der Waals surface area contributed by atoms with E-state index in [-0.39, 0.29) is 0 Å². The summed E-state index contributed by atoms with van der Waals surface area (Å²) in [7, 11) is 0. The van der Waals surface area contributed by atoms with Crippen molar-refractivity contribution >= 4 is 19.2 Å². The molecule has 0 aromatic rings. The summed E-state index contributed by atoms with van der Waals surface area (Å²) in [4.78, 5) is 9.95. The number of hydrogen-bond donors (Lipinski definition) is 0. The number of carbonyl (C=O) groups is 1. The number of carboxylic acid groups (broad SMARTS) is 1. The van der Waals surface area contributed by atoms with Crippen molar-refractivity contribution in [1.82, 2.24) is 0 Å². The van der Waals surface area contributed by atoms with Crippen molar-refractivity contribution in [2.24, 2.45) is 0 Å². The Hall–Kier alpha value is 0.0129. The Balaban J connectivity index is 3.55. The fourth-order valence-electron chi connectivity index (χ4n) is 0.433. The van der Waals surface area contributed by atoms with Crippen LogP contribution < -0.4 is 5.11 Å². The summed E-state index contributed by atoms with van der Waals surface area (Å²) in [5.41, 5.74) is 0. The van der Waals surface area contributed by atoms with Crippen LogP contribution in [-0.4, -0.2) is 19.2 Å². The summed E-state index contributed by atoms with van der Waals surface area (Å²) in [6.07, 6.45) is 0. The first-order chi connectivity index (χ1) is 3.42. The van der Waals surface area contributed by atoms with E-state index in [9.17, 15) is 9.90 Å². The molecule has 3 heteroatoms. The van der Waals surface area contributed by atoms with Gasteiger partial charge in [0, 0.05) is 0 Å². The van der Waals surface area contributed by atoms with Gasteiger partial charge in [-0.2, -0.15) is 0 Å². The third-order valence-electron chi connectivity index (χ3n) is 0.675. The van der Waals surface area contributed by atoms with Crippen LogP contribution in [0.25, 0.3) is 0 Å². The van der Waals surface area contributed by atoms with Crippen molar-refractivity contribution < 1.29 is 9.90 Å². The Morgan fingerprint density at radius 3 is 1.88 bits per heavy atom. The molecule has 0 aliphatic carbocycles. The average molecular weight is 176 g/mol. The normalized spacial score (nSPS) is 11.4. The van der Waals surface area contributed by atoms with Crippen LogP contribution in [0.2, 0.25) is 22.5 Å². The Labute approximate surface area is 52.3 Å². The average Bonchev–Trinajstić information content (AvgIpc) is 1.21. The molecule has 0 unspecified atom stereocenters. The fraction of sp³-hybridized carbons (Fsp3) is 0.800. The zero-order valence-electron chi connectivity index (χ0n) is 5.52. The molecule has 0 spiro atoms. The van der Waals surface area contributed by atoms with Gasteiger partial charge in [0.15, 0.2) is 0 Å². The summed E-state index contributed by atoms with van der Waals surface area (Å²) in [6, 6.07) is 0. The minimum absolute atomic E-state index is 0.319. The molecule has 0 amide bonds. The van der Waals surface area contributed by atoms with Crippen molar-refractivity contribution in [1.29, 1.82) is 0 Å². The molecule has 0 atom stereocenters. The number of aliphatic carboxylic acids is 1. The first kappa shape index (κ1) is 8.01. The monoisotopic (exact) mass is 177 g/mol. The van der Waals surface area contributed by atoms with Crippen LogP contribution >= 0.6 is 0 Å². The molecule has 0 aliphatic heterocycles. The summed E-state index contributed by atoms with van der Waals surface area (Å²) >= 11 is -1.82. The Morgan fingerprint density at radius 2 is 1.88 bits per heavy atom. The molecule has 0 aromatic carbocycles. The Bertz CT molecular complexity index is 93.1. The predicted molar refractivity (Wildman–Crippen MR) is 33.2 cm³/mol. The Morgan fingerprint density at radius 1 is 1.50 bits per heavy atom. The van der Waals surface area contributed by atoms with E-state index < -0.39 is 19.2 Å². The van der Waals surface area contributed by atoms with Gasteiger partial charge in [-0.1, -0.05) is 0 Å². The van der Waals surface area contributed by atoms with Crippen molar-refractivity contribution in [2.75, 3.05) is 0 Å². The molecule has 0 N–H and O–H groups in total. The van der Waals surface area contributed by atoms with Crippen LogP contribution in [0.4, 0.5) is 0 Å². The van der Waals surface area contributed by atoms with E-state index >= 15 is 0 Å². The number of carboxylic acids is 1. The molecule has 0 saturated heterocycles. The molecule has 0 aromatic heterocycles. The van der Waals surface area contributed by atoms with E-state index in [0.717, 1.165) is 0 Å². The van der Waals surface area contributed by atoms with Gasteiger partial charge in [0.1, 0.15) is 0 Å². The molecule has 0 fully saturated rings. The van der Waals surface area contributed by atoms with Crippen LogP contribution in [0.5, 0.6) is 0 Å². The maximum atomic E-state index is 9.95. The first-order valence-corrected chi connectivity index (χ1v) is 10.4. The van der Waals surface area contributed by atoms with E-state index in [1.807, 2.05) is 0 Å². The van der Waals surface area contributed by atoms with Gasteiger partial charge in [-0.25, -0.2) is 0 Å². The number of hydrogen-bond acceptors (Lipinski definition) is 2. The molecule has 48 valence electrons. The topological polar surface area (TPSA) is 40.1 Å². The van der Waals surface area contributed by atoms with E-state index in [2.05, 4.69) is 17.3 Å². The van der Waals surface area contributed by atoms with Gasteiger partial charge in [0.05, 0.1) is 0 Å². The van der Waals surface area contributed by atoms with Crippen molar-refractivity contribution in [3.63, 3.8) is 0 Å². The molecule has 0 aliphatic rings. The molecular formula is C5H11GeO2-. The van der Waals surface area contributed by atoms with Crippen LogP contribution in [0.3, 0.4) is 0 Å². The summed E-state index contributed by atoms with van der Waals surface area (Å²) in [5.74, 6) is 5.26. The van der Waals surface area contributed by atoms with Crippen LogP contribution in [0, 0.1) is 0 Å². The van der Waals surface area contributed by atoms with E-state index in [1.54, 1.807) is 0 Å². The molecule has 0 saturated carbocycles. The number of carbonyl (C=O) groups excluding carboxylic acids is 1. The van der Waals surface area contributed by atoms with Gasteiger partial charge in [-0.05, 0) is 0 Å². The van der Waals surface area contributed by atoms with Crippen molar-refractivity contribution in [2.45, 2.75) is 22.5 Å². The molecule has 8 heavy (non-hydrogen) atoms. The SMILES string of the molecule is [CH3][Ge]([CH3])([CH3])[CH2]C(=O)[O-]. The second kappa shape index (κ2) is 2.53. The van der Waals surface area contributed by atoms with Crippen molar-refractivity contribution in [3.05, 3.63) is 0 Å². The molecule has 0 heterocycles. The molecule has 0 radical (unpaired) electrons. The van der Waals surface area contributed by atoms with Gasteiger partial charge >= 0.3 is 51.7 Å². The van der Waals surface area contributed by atoms with Crippen LogP contribution in [0.1, 0.15) is 0 Å². The Kier molecular flexibility index (Phi) is 2.53. The third kappa shape index (κ3) is 6.01. The van der Waals surface area contributed by atoms with Crippen LogP contribution in [0.15, 0.2) is 0 Å². The second-order valence-electron chi connectivity index (χ2n) is 3.11. The summed E-state index contributed by atoms with van der Waals surface area (Å²) in [6.45, 7) is 0. The molecular weight excluding hydrogens is 165 g/mol. The van der Waals surface area contributed by atoms with Crippen LogP contribution in [-0.2, 0) is 4.79 Å². The maximum absolute atomic E-state index is 9.95.